The molecule has 1 atom stereocenters. The van der Waals surface area contributed by atoms with Crippen LogP contribution < -0.4 is 10.2 Å². The Kier molecular flexibility index (Phi) is 5.00. The quantitative estimate of drug-likeness (QED) is 0.586. The van der Waals surface area contributed by atoms with Crippen LogP contribution in [0.2, 0.25) is 5.02 Å². The molecule has 6 nitrogen and oxygen atoms in total. The van der Waals surface area contributed by atoms with Crippen LogP contribution in [-0.4, -0.2) is 38.9 Å². The van der Waals surface area contributed by atoms with Crippen LogP contribution in [0.3, 0.4) is 0 Å². The summed E-state index contributed by atoms with van der Waals surface area (Å²) in [5, 5.41) is 3.34. The standard InChI is InChI=1S/C20H18ClFN4O2S/c1-20-9-2-3-10-25(20)19(29)26(18(20)28)15-8-7-12(11-13(15)21)23-17(27)14-5-4-6-16(22)24-14/h4-8,11H,2-3,9-10H2,1H3,(H,23,27). The maximum absolute atomic E-state index is 13.2. The maximum Gasteiger partial charge on any atom is 0.274 e. The molecule has 0 aliphatic carbocycles. The van der Waals surface area contributed by atoms with Crippen molar-refractivity contribution in [3.8, 4) is 0 Å². The SMILES string of the molecule is CC12CCCCN1C(=S)N(c1ccc(NC(=O)c3cccc(F)n3)cc1Cl)C2=O. The van der Waals surface area contributed by atoms with Crippen molar-refractivity contribution in [1.82, 2.24) is 9.88 Å². The topological polar surface area (TPSA) is 65.5 Å². The van der Waals surface area contributed by atoms with Gasteiger partial charge in [-0.2, -0.15) is 4.39 Å². The molecule has 1 unspecified atom stereocenters. The Morgan fingerprint density at radius 3 is 2.79 bits per heavy atom. The van der Waals surface area contributed by atoms with Crippen molar-refractivity contribution >= 4 is 52.1 Å². The van der Waals surface area contributed by atoms with E-state index in [4.69, 9.17) is 23.8 Å². The first-order chi connectivity index (χ1) is 13.8. The zero-order valence-corrected chi connectivity index (χ0v) is 17.2. The molecule has 150 valence electrons. The van der Waals surface area contributed by atoms with Crippen LogP contribution in [0, 0.1) is 5.95 Å². The van der Waals surface area contributed by atoms with Gasteiger partial charge in [0.2, 0.25) is 5.95 Å². The van der Waals surface area contributed by atoms with Crippen LogP contribution in [-0.2, 0) is 4.79 Å². The van der Waals surface area contributed by atoms with Crippen LogP contribution >= 0.6 is 23.8 Å². The number of rotatable bonds is 3. The fraction of sp³-hybridized carbons (Fsp3) is 0.300. The molecule has 3 heterocycles. The number of anilines is 2. The Hall–Kier alpha value is -2.58. The number of nitrogens with one attached hydrogen (secondary N) is 1. The third-order valence-electron chi connectivity index (χ3n) is 5.37. The molecule has 1 N–H and O–H groups in total. The van der Waals surface area contributed by atoms with Gasteiger partial charge in [-0.25, -0.2) is 4.98 Å². The molecule has 2 saturated heterocycles. The highest BCUT2D eigenvalue weighted by atomic mass is 35.5. The zero-order valence-electron chi connectivity index (χ0n) is 15.6. The van der Waals surface area contributed by atoms with Gasteiger partial charge in [0.15, 0.2) is 5.11 Å². The van der Waals surface area contributed by atoms with Gasteiger partial charge >= 0.3 is 0 Å². The molecule has 2 aliphatic heterocycles. The summed E-state index contributed by atoms with van der Waals surface area (Å²) in [7, 11) is 0. The number of amides is 2. The Morgan fingerprint density at radius 1 is 1.31 bits per heavy atom. The Morgan fingerprint density at radius 2 is 2.10 bits per heavy atom. The first-order valence-corrected chi connectivity index (χ1v) is 9.99. The monoisotopic (exact) mass is 432 g/mol. The van der Waals surface area contributed by atoms with Crippen LogP contribution in [0.15, 0.2) is 36.4 Å². The van der Waals surface area contributed by atoms with E-state index in [2.05, 4.69) is 10.3 Å². The lowest BCUT2D eigenvalue weighted by Crippen LogP contribution is -2.49. The van der Waals surface area contributed by atoms with Crippen LogP contribution in [0.5, 0.6) is 0 Å². The summed E-state index contributed by atoms with van der Waals surface area (Å²) >= 11 is 12.0. The Balaban J connectivity index is 1.58. The molecular formula is C20H18ClFN4O2S. The number of fused-ring (bicyclic) bond motifs is 1. The van der Waals surface area contributed by atoms with Gasteiger partial charge in [-0.15, -0.1) is 0 Å². The number of halogens is 2. The molecule has 2 aliphatic rings. The van der Waals surface area contributed by atoms with Crippen molar-refractivity contribution in [3.05, 3.63) is 53.1 Å². The van der Waals surface area contributed by atoms with Gasteiger partial charge in [-0.05, 0) is 68.7 Å². The maximum atomic E-state index is 13.2. The normalized spacial score (nSPS) is 21.3. The largest absolute Gasteiger partial charge is 0.334 e. The number of aromatic nitrogens is 1. The molecule has 2 aromatic rings. The second-order valence-electron chi connectivity index (χ2n) is 7.27. The van der Waals surface area contributed by atoms with E-state index in [0.717, 1.165) is 31.9 Å². The number of carbonyl (C=O) groups is 2. The minimum atomic E-state index is -0.739. The van der Waals surface area contributed by atoms with E-state index in [1.807, 2.05) is 11.8 Å². The lowest BCUT2D eigenvalue weighted by Gasteiger charge is -2.36. The van der Waals surface area contributed by atoms with E-state index in [9.17, 15) is 14.0 Å². The highest BCUT2D eigenvalue weighted by Gasteiger charge is 2.53. The van der Waals surface area contributed by atoms with Gasteiger partial charge < -0.3 is 10.2 Å². The van der Waals surface area contributed by atoms with Gasteiger partial charge in [0.05, 0.1) is 10.7 Å². The molecule has 1 aromatic carbocycles. The van der Waals surface area contributed by atoms with Crippen molar-refractivity contribution in [2.45, 2.75) is 31.7 Å². The van der Waals surface area contributed by atoms with E-state index in [1.54, 1.807) is 12.1 Å². The average Bonchev–Trinajstić information content (AvgIpc) is 2.88. The first kappa shape index (κ1) is 19.7. The lowest BCUT2D eigenvalue weighted by atomic mass is 9.89. The number of hydrogen-bond acceptors (Lipinski definition) is 4. The number of hydrogen-bond donors (Lipinski definition) is 1. The average molecular weight is 433 g/mol. The first-order valence-electron chi connectivity index (χ1n) is 9.21. The van der Waals surface area contributed by atoms with Crippen LogP contribution in [0.4, 0.5) is 15.8 Å². The minimum absolute atomic E-state index is 0.0501. The van der Waals surface area contributed by atoms with Gasteiger partial charge in [-0.3, -0.25) is 14.5 Å². The molecule has 29 heavy (non-hydrogen) atoms. The van der Waals surface area contributed by atoms with Crippen molar-refractivity contribution in [2.75, 3.05) is 16.8 Å². The molecule has 0 bridgehead atoms. The van der Waals surface area contributed by atoms with Gasteiger partial charge in [0.1, 0.15) is 11.2 Å². The van der Waals surface area contributed by atoms with Crippen molar-refractivity contribution in [1.29, 1.82) is 0 Å². The van der Waals surface area contributed by atoms with Gasteiger partial charge in [-0.1, -0.05) is 17.7 Å². The molecule has 2 amide bonds. The smallest absolute Gasteiger partial charge is 0.274 e. The third-order valence-corrected chi connectivity index (χ3v) is 6.08. The van der Waals surface area contributed by atoms with E-state index < -0.39 is 17.4 Å². The van der Waals surface area contributed by atoms with Gasteiger partial charge in [0.25, 0.3) is 11.8 Å². The molecule has 4 rings (SSSR count). The number of piperidine rings is 1. The molecule has 1 aromatic heterocycles. The Bertz CT molecular complexity index is 1030. The summed E-state index contributed by atoms with van der Waals surface area (Å²) < 4.78 is 13.2. The highest BCUT2D eigenvalue weighted by Crippen LogP contribution is 2.41. The highest BCUT2D eigenvalue weighted by molar-refractivity contribution is 7.80. The summed E-state index contributed by atoms with van der Waals surface area (Å²) in [6.45, 7) is 2.65. The fourth-order valence-electron chi connectivity index (χ4n) is 3.81. The summed E-state index contributed by atoms with van der Waals surface area (Å²) in [5.41, 5.74) is 0.176. The molecule has 2 fully saturated rings. The predicted octanol–water partition coefficient (Wildman–Crippen LogP) is 4.00. The second-order valence-corrected chi connectivity index (χ2v) is 8.04. The third kappa shape index (κ3) is 3.36. The minimum Gasteiger partial charge on any atom is -0.334 e. The number of nitrogens with zero attached hydrogens (tertiary/aromatic N) is 3. The Labute approximate surface area is 177 Å². The molecule has 0 spiro atoms. The van der Waals surface area contributed by atoms with Crippen molar-refractivity contribution in [3.63, 3.8) is 0 Å². The number of pyridine rings is 1. The van der Waals surface area contributed by atoms with E-state index >= 15 is 0 Å². The van der Waals surface area contributed by atoms with E-state index in [0.29, 0.717) is 16.5 Å². The zero-order chi connectivity index (χ0) is 20.8. The van der Waals surface area contributed by atoms with Crippen molar-refractivity contribution in [2.24, 2.45) is 0 Å². The second kappa shape index (κ2) is 7.35. The van der Waals surface area contributed by atoms with Crippen molar-refractivity contribution < 1.29 is 14.0 Å². The van der Waals surface area contributed by atoms with E-state index in [-0.39, 0.29) is 16.6 Å². The molecular weight excluding hydrogens is 415 g/mol. The molecule has 0 saturated carbocycles. The summed E-state index contributed by atoms with van der Waals surface area (Å²) in [4.78, 5) is 32.4. The number of carbonyl (C=O) groups excluding carboxylic acids is 2. The summed E-state index contributed by atoms with van der Waals surface area (Å²) in [6.07, 6.45) is 2.71. The summed E-state index contributed by atoms with van der Waals surface area (Å²) in [6, 6.07) is 8.77. The lowest BCUT2D eigenvalue weighted by molar-refractivity contribution is -0.125. The molecule has 9 heteroatoms. The predicted molar refractivity (Wildman–Crippen MR) is 113 cm³/mol. The van der Waals surface area contributed by atoms with Gasteiger partial charge in [0, 0.05) is 12.2 Å². The molecule has 0 radical (unpaired) electrons. The van der Waals surface area contributed by atoms with E-state index in [1.165, 1.54) is 23.1 Å². The summed E-state index contributed by atoms with van der Waals surface area (Å²) in [5.74, 6) is -1.40. The van der Waals surface area contributed by atoms with Crippen LogP contribution in [0.1, 0.15) is 36.7 Å². The number of thiocarbonyl (C=S) groups is 1. The fourth-order valence-corrected chi connectivity index (χ4v) is 4.55. The number of benzene rings is 1. The van der Waals surface area contributed by atoms with Crippen LogP contribution in [0.25, 0.3) is 0 Å².